The number of hydrogen-bond acceptors (Lipinski definition) is 2. The van der Waals surface area contributed by atoms with Gasteiger partial charge < -0.3 is 10.0 Å². The Bertz CT molecular complexity index is 505. The van der Waals surface area contributed by atoms with E-state index in [1.807, 2.05) is 17.0 Å². The minimum Gasteiger partial charge on any atom is -0.393 e. The van der Waals surface area contributed by atoms with Crippen molar-refractivity contribution < 1.29 is 9.90 Å². The number of amides is 1. The van der Waals surface area contributed by atoms with E-state index in [0.717, 1.165) is 36.8 Å². The average Bonchev–Trinajstić information content (AvgIpc) is 2.99. The number of halogens is 1. The van der Waals surface area contributed by atoms with Gasteiger partial charge in [-0.3, -0.25) is 4.79 Å². The van der Waals surface area contributed by atoms with Crippen molar-refractivity contribution in [2.24, 2.45) is 11.8 Å². The highest BCUT2D eigenvalue weighted by Gasteiger charge is 2.42. The number of carbonyl (C=O) groups is 1. The number of rotatable bonds is 3. The molecule has 1 saturated heterocycles. The van der Waals surface area contributed by atoms with Crippen molar-refractivity contribution in [3.63, 3.8) is 0 Å². The molecule has 4 heteroatoms. The first kappa shape index (κ1) is 14.1. The number of benzene rings is 1. The Kier molecular flexibility index (Phi) is 4.13. The molecule has 3 unspecified atom stereocenters. The van der Waals surface area contributed by atoms with Crippen LogP contribution < -0.4 is 0 Å². The van der Waals surface area contributed by atoms with Crippen molar-refractivity contribution in [1.82, 2.24) is 4.90 Å². The second-order valence-corrected chi connectivity index (χ2v) is 6.91. The van der Waals surface area contributed by atoms with Crippen LogP contribution in [0.15, 0.2) is 28.7 Å². The van der Waals surface area contributed by atoms with Crippen LogP contribution in [0, 0.1) is 11.8 Å². The fourth-order valence-corrected chi connectivity index (χ4v) is 3.99. The lowest BCUT2D eigenvalue weighted by atomic mass is 10.00. The molecule has 1 aromatic carbocycles. The Labute approximate surface area is 128 Å². The number of likely N-dealkylation sites (tertiary alicyclic amines) is 1. The molecule has 3 nitrogen and oxygen atoms in total. The van der Waals surface area contributed by atoms with E-state index in [0.29, 0.717) is 18.3 Å². The molecule has 2 aliphatic rings. The van der Waals surface area contributed by atoms with Crippen molar-refractivity contribution >= 4 is 21.8 Å². The SMILES string of the molecule is O=C(CCc1cccc(Br)c1)N1CC2CCC(O)C2C1. The van der Waals surface area contributed by atoms with Crippen LogP contribution in [0.3, 0.4) is 0 Å². The third kappa shape index (κ3) is 2.91. The Balaban J connectivity index is 1.53. The van der Waals surface area contributed by atoms with Gasteiger partial charge >= 0.3 is 0 Å². The van der Waals surface area contributed by atoms with Crippen molar-refractivity contribution in [2.75, 3.05) is 13.1 Å². The van der Waals surface area contributed by atoms with Crippen LogP contribution in [-0.2, 0) is 11.2 Å². The maximum absolute atomic E-state index is 12.3. The molecular formula is C16H20BrNO2. The van der Waals surface area contributed by atoms with Gasteiger partial charge in [0, 0.05) is 29.9 Å². The number of aryl methyl sites for hydroxylation is 1. The van der Waals surface area contributed by atoms with E-state index in [1.54, 1.807) is 0 Å². The van der Waals surface area contributed by atoms with Gasteiger partial charge in [-0.25, -0.2) is 0 Å². The summed E-state index contributed by atoms with van der Waals surface area (Å²) in [6, 6.07) is 8.12. The first-order chi connectivity index (χ1) is 9.63. The van der Waals surface area contributed by atoms with Gasteiger partial charge in [0.15, 0.2) is 0 Å². The molecule has 1 amide bonds. The summed E-state index contributed by atoms with van der Waals surface area (Å²) >= 11 is 3.45. The minimum atomic E-state index is -0.192. The first-order valence-corrected chi connectivity index (χ1v) is 8.13. The maximum atomic E-state index is 12.3. The zero-order valence-corrected chi connectivity index (χ0v) is 13.1. The Morgan fingerprint density at radius 3 is 2.95 bits per heavy atom. The molecule has 1 saturated carbocycles. The standard InChI is InChI=1S/C16H20BrNO2/c17-13-3-1-2-11(8-13)4-7-16(20)18-9-12-5-6-15(19)14(12)10-18/h1-3,8,12,14-15,19H,4-7,9-10H2. The van der Waals surface area contributed by atoms with Gasteiger partial charge in [0.2, 0.25) is 5.91 Å². The summed E-state index contributed by atoms with van der Waals surface area (Å²) in [5, 5.41) is 9.89. The van der Waals surface area contributed by atoms with Crippen molar-refractivity contribution in [3.8, 4) is 0 Å². The monoisotopic (exact) mass is 337 g/mol. The number of hydrogen-bond donors (Lipinski definition) is 1. The molecule has 20 heavy (non-hydrogen) atoms. The molecule has 1 aliphatic heterocycles. The summed E-state index contributed by atoms with van der Waals surface area (Å²) in [7, 11) is 0. The second kappa shape index (κ2) is 5.86. The number of aliphatic hydroxyl groups excluding tert-OH is 1. The lowest BCUT2D eigenvalue weighted by molar-refractivity contribution is -0.130. The predicted octanol–water partition coefficient (Wildman–Crippen LogP) is 2.61. The summed E-state index contributed by atoms with van der Waals surface area (Å²) < 4.78 is 1.06. The fraction of sp³-hybridized carbons (Fsp3) is 0.562. The Hall–Kier alpha value is -0.870. The smallest absolute Gasteiger partial charge is 0.222 e. The molecule has 2 fully saturated rings. The minimum absolute atomic E-state index is 0.192. The highest BCUT2D eigenvalue weighted by atomic mass is 79.9. The van der Waals surface area contributed by atoms with Crippen molar-refractivity contribution in [1.29, 1.82) is 0 Å². The van der Waals surface area contributed by atoms with Gasteiger partial charge in [-0.05, 0) is 42.9 Å². The molecule has 1 aliphatic carbocycles. The third-order valence-corrected chi connectivity index (χ3v) is 5.18. The van der Waals surface area contributed by atoms with Gasteiger partial charge in [-0.15, -0.1) is 0 Å². The van der Waals surface area contributed by atoms with E-state index in [1.165, 1.54) is 5.56 Å². The second-order valence-electron chi connectivity index (χ2n) is 6.00. The molecule has 0 radical (unpaired) electrons. The molecule has 1 aromatic rings. The van der Waals surface area contributed by atoms with Crippen LogP contribution in [0.25, 0.3) is 0 Å². The van der Waals surface area contributed by atoms with E-state index < -0.39 is 0 Å². The zero-order valence-electron chi connectivity index (χ0n) is 11.5. The largest absolute Gasteiger partial charge is 0.393 e. The van der Waals surface area contributed by atoms with Gasteiger partial charge in [0.25, 0.3) is 0 Å². The van der Waals surface area contributed by atoms with Crippen molar-refractivity contribution in [3.05, 3.63) is 34.3 Å². The molecule has 0 bridgehead atoms. The summed E-state index contributed by atoms with van der Waals surface area (Å²) in [4.78, 5) is 14.2. The molecule has 0 spiro atoms. The number of aliphatic hydroxyl groups is 1. The van der Waals surface area contributed by atoms with Gasteiger partial charge in [0.1, 0.15) is 0 Å². The predicted molar refractivity (Wildman–Crippen MR) is 81.3 cm³/mol. The third-order valence-electron chi connectivity index (χ3n) is 4.69. The molecular weight excluding hydrogens is 318 g/mol. The van der Waals surface area contributed by atoms with Crippen LogP contribution in [-0.4, -0.2) is 35.1 Å². The fourth-order valence-electron chi connectivity index (χ4n) is 3.54. The highest BCUT2D eigenvalue weighted by Crippen LogP contribution is 2.38. The Morgan fingerprint density at radius 2 is 2.20 bits per heavy atom. The Morgan fingerprint density at radius 1 is 1.35 bits per heavy atom. The van der Waals surface area contributed by atoms with Crippen molar-refractivity contribution in [2.45, 2.75) is 31.8 Å². The summed E-state index contributed by atoms with van der Waals surface area (Å²) in [5.41, 5.74) is 1.19. The van der Waals surface area contributed by atoms with Gasteiger partial charge in [-0.2, -0.15) is 0 Å². The van der Waals surface area contributed by atoms with E-state index >= 15 is 0 Å². The zero-order chi connectivity index (χ0) is 14.1. The average molecular weight is 338 g/mol. The topological polar surface area (TPSA) is 40.5 Å². The van der Waals surface area contributed by atoms with Gasteiger partial charge in [0.05, 0.1) is 6.10 Å². The van der Waals surface area contributed by atoms with E-state index in [2.05, 4.69) is 28.1 Å². The number of nitrogens with zero attached hydrogens (tertiary/aromatic N) is 1. The molecule has 108 valence electrons. The van der Waals surface area contributed by atoms with Gasteiger partial charge in [-0.1, -0.05) is 28.1 Å². The van der Waals surface area contributed by atoms with E-state index in [9.17, 15) is 9.90 Å². The van der Waals surface area contributed by atoms with E-state index in [-0.39, 0.29) is 12.0 Å². The normalized spacial score (nSPS) is 28.7. The van der Waals surface area contributed by atoms with Crippen LogP contribution >= 0.6 is 15.9 Å². The highest BCUT2D eigenvalue weighted by molar-refractivity contribution is 9.10. The number of carbonyl (C=O) groups excluding carboxylic acids is 1. The van der Waals surface area contributed by atoms with Crippen LogP contribution in [0.2, 0.25) is 0 Å². The lowest BCUT2D eigenvalue weighted by Gasteiger charge is -2.18. The number of fused-ring (bicyclic) bond motifs is 1. The molecule has 1 heterocycles. The quantitative estimate of drug-likeness (QED) is 0.920. The van der Waals surface area contributed by atoms with Crippen LogP contribution in [0.1, 0.15) is 24.8 Å². The molecule has 3 atom stereocenters. The van der Waals surface area contributed by atoms with Crippen LogP contribution in [0.4, 0.5) is 0 Å². The molecule has 1 N–H and O–H groups in total. The maximum Gasteiger partial charge on any atom is 0.222 e. The van der Waals surface area contributed by atoms with Crippen LogP contribution in [0.5, 0.6) is 0 Å². The molecule has 3 rings (SSSR count). The summed E-state index contributed by atoms with van der Waals surface area (Å²) in [6.07, 6.45) is 3.14. The summed E-state index contributed by atoms with van der Waals surface area (Å²) in [6.45, 7) is 1.60. The lowest BCUT2D eigenvalue weighted by Crippen LogP contribution is -2.31. The molecule has 0 aromatic heterocycles. The summed E-state index contributed by atoms with van der Waals surface area (Å²) in [5.74, 6) is 1.08. The van der Waals surface area contributed by atoms with E-state index in [4.69, 9.17) is 0 Å². The first-order valence-electron chi connectivity index (χ1n) is 7.34.